The van der Waals surface area contributed by atoms with Crippen LogP contribution in [0, 0.1) is 17.0 Å². The number of nitrogens with zero attached hydrogens (tertiary/aromatic N) is 3. The number of carbonyl (C=O) groups is 1. The van der Waals surface area contributed by atoms with Crippen molar-refractivity contribution in [2.75, 3.05) is 13.1 Å². The molecule has 0 saturated carbocycles. The van der Waals surface area contributed by atoms with Gasteiger partial charge in [-0.2, -0.15) is 0 Å². The Morgan fingerprint density at radius 3 is 2.54 bits per heavy atom. The summed E-state index contributed by atoms with van der Waals surface area (Å²) in [7, 11) is 0. The minimum atomic E-state index is -0.500. The van der Waals surface area contributed by atoms with E-state index >= 15 is 0 Å². The van der Waals surface area contributed by atoms with Gasteiger partial charge in [-0.3, -0.25) is 15.1 Å². The Bertz CT molecular complexity index is 667. The predicted octanol–water partition coefficient (Wildman–Crippen LogP) is 3.71. The molecule has 1 aromatic heterocycles. The number of aryl methyl sites for hydroxylation is 1. The molecule has 2 heterocycles. The molecule has 7 nitrogen and oxygen atoms in total. The van der Waals surface area contributed by atoms with Gasteiger partial charge in [0.15, 0.2) is 0 Å². The standard InChI is InChI=1S/C17H23N3O4/c1-12-15(20(22)23)10-14(11-18-12)9-13-5-7-19(8-6-13)16(21)24-17(2,3)4/h9-11H,5-8H2,1-4H3. The lowest BCUT2D eigenvalue weighted by atomic mass is 10.0. The van der Waals surface area contributed by atoms with Crippen molar-refractivity contribution in [3.05, 3.63) is 39.2 Å². The molecule has 0 spiro atoms. The van der Waals surface area contributed by atoms with E-state index in [2.05, 4.69) is 4.98 Å². The molecule has 1 aromatic rings. The summed E-state index contributed by atoms with van der Waals surface area (Å²) in [5.74, 6) is 0. The Labute approximate surface area is 141 Å². The number of aromatic nitrogens is 1. The highest BCUT2D eigenvalue weighted by molar-refractivity contribution is 5.68. The van der Waals surface area contributed by atoms with E-state index in [9.17, 15) is 14.9 Å². The number of piperidine rings is 1. The van der Waals surface area contributed by atoms with Gasteiger partial charge in [0.05, 0.1) is 4.92 Å². The Morgan fingerprint density at radius 1 is 1.38 bits per heavy atom. The van der Waals surface area contributed by atoms with Gasteiger partial charge >= 0.3 is 6.09 Å². The van der Waals surface area contributed by atoms with Crippen molar-refractivity contribution in [2.24, 2.45) is 0 Å². The fourth-order valence-electron chi connectivity index (χ4n) is 2.48. The van der Waals surface area contributed by atoms with E-state index in [0.717, 1.165) is 18.4 Å². The fourth-order valence-corrected chi connectivity index (χ4v) is 2.48. The van der Waals surface area contributed by atoms with E-state index in [-0.39, 0.29) is 11.8 Å². The molecule has 0 radical (unpaired) electrons. The molecule has 7 heteroatoms. The van der Waals surface area contributed by atoms with Crippen LogP contribution in [0.3, 0.4) is 0 Å². The summed E-state index contributed by atoms with van der Waals surface area (Å²) >= 11 is 0. The quantitative estimate of drug-likeness (QED) is 0.608. The molecule has 0 aliphatic carbocycles. The normalized spacial score (nSPS) is 15.2. The number of amides is 1. The van der Waals surface area contributed by atoms with Gasteiger partial charge in [-0.1, -0.05) is 11.6 Å². The molecule has 0 unspecified atom stereocenters. The lowest BCUT2D eigenvalue weighted by Gasteiger charge is -2.31. The largest absolute Gasteiger partial charge is 0.444 e. The molecule has 0 atom stereocenters. The van der Waals surface area contributed by atoms with E-state index in [4.69, 9.17) is 4.74 Å². The van der Waals surface area contributed by atoms with E-state index in [1.54, 1.807) is 18.0 Å². The maximum absolute atomic E-state index is 12.0. The van der Waals surface area contributed by atoms with Gasteiger partial charge in [0, 0.05) is 25.4 Å². The van der Waals surface area contributed by atoms with E-state index < -0.39 is 10.5 Å². The number of pyridine rings is 1. The van der Waals surface area contributed by atoms with Gasteiger partial charge in [0.25, 0.3) is 5.69 Å². The van der Waals surface area contributed by atoms with Crippen LogP contribution in [0.1, 0.15) is 44.9 Å². The van der Waals surface area contributed by atoms with E-state index in [1.807, 2.05) is 26.8 Å². The molecule has 1 fully saturated rings. The third-order valence-electron chi connectivity index (χ3n) is 3.71. The smallest absolute Gasteiger partial charge is 0.410 e. The summed E-state index contributed by atoms with van der Waals surface area (Å²) in [5, 5.41) is 11.0. The second kappa shape index (κ2) is 6.98. The number of ether oxygens (including phenoxy) is 1. The molecule has 24 heavy (non-hydrogen) atoms. The van der Waals surface area contributed by atoms with Gasteiger partial charge < -0.3 is 9.64 Å². The van der Waals surface area contributed by atoms with Crippen LogP contribution in [0.5, 0.6) is 0 Å². The Morgan fingerprint density at radius 2 is 2.00 bits per heavy atom. The minimum Gasteiger partial charge on any atom is -0.444 e. The molecule has 0 N–H and O–H groups in total. The highest BCUT2D eigenvalue weighted by Crippen LogP contribution is 2.23. The summed E-state index contributed by atoms with van der Waals surface area (Å²) in [6.07, 6.45) is 4.71. The van der Waals surface area contributed by atoms with Crippen molar-refractivity contribution in [3.8, 4) is 0 Å². The van der Waals surface area contributed by atoms with Crippen LogP contribution in [0.15, 0.2) is 17.8 Å². The highest BCUT2D eigenvalue weighted by atomic mass is 16.6. The zero-order valence-electron chi connectivity index (χ0n) is 14.5. The van der Waals surface area contributed by atoms with E-state index in [0.29, 0.717) is 24.3 Å². The number of likely N-dealkylation sites (tertiary alicyclic amines) is 1. The van der Waals surface area contributed by atoms with Crippen LogP contribution < -0.4 is 0 Å². The van der Waals surface area contributed by atoms with Crippen molar-refractivity contribution >= 4 is 17.9 Å². The van der Waals surface area contributed by atoms with Gasteiger partial charge in [-0.15, -0.1) is 0 Å². The number of hydrogen-bond acceptors (Lipinski definition) is 5. The van der Waals surface area contributed by atoms with Gasteiger partial charge in [0.2, 0.25) is 0 Å². The number of nitro groups is 1. The third-order valence-corrected chi connectivity index (χ3v) is 3.71. The van der Waals surface area contributed by atoms with Crippen LogP contribution in [0.2, 0.25) is 0 Å². The summed E-state index contributed by atoms with van der Waals surface area (Å²) in [4.78, 5) is 28.4. The zero-order chi connectivity index (χ0) is 17.9. The third kappa shape index (κ3) is 4.78. The molecule has 1 saturated heterocycles. The maximum Gasteiger partial charge on any atom is 0.410 e. The summed E-state index contributed by atoms with van der Waals surface area (Å²) < 4.78 is 5.37. The monoisotopic (exact) mass is 333 g/mol. The predicted molar refractivity (Wildman–Crippen MR) is 90.6 cm³/mol. The van der Waals surface area contributed by atoms with Crippen LogP contribution in [0.4, 0.5) is 10.5 Å². The molecular formula is C17H23N3O4. The minimum absolute atomic E-state index is 0.0236. The molecular weight excluding hydrogens is 310 g/mol. The molecule has 1 aliphatic rings. The lowest BCUT2D eigenvalue weighted by Crippen LogP contribution is -2.40. The van der Waals surface area contributed by atoms with Gasteiger partial charge in [0.1, 0.15) is 11.3 Å². The fraction of sp³-hybridized carbons (Fsp3) is 0.529. The SMILES string of the molecule is Cc1ncc(C=C2CCN(C(=O)OC(C)(C)C)CC2)cc1[N+](=O)[O-]. The maximum atomic E-state index is 12.0. The van der Waals surface area contributed by atoms with Crippen molar-refractivity contribution < 1.29 is 14.5 Å². The number of hydrogen-bond donors (Lipinski definition) is 0. The molecule has 0 bridgehead atoms. The molecule has 0 aromatic carbocycles. The Hall–Kier alpha value is -2.44. The van der Waals surface area contributed by atoms with Crippen LogP contribution in [-0.4, -0.2) is 39.6 Å². The second-order valence-corrected chi connectivity index (χ2v) is 6.90. The van der Waals surface area contributed by atoms with Gasteiger partial charge in [-0.25, -0.2) is 4.79 Å². The van der Waals surface area contributed by atoms with E-state index in [1.165, 1.54) is 6.07 Å². The Kier molecular flexibility index (Phi) is 5.21. The Balaban J connectivity index is 2.02. The van der Waals surface area contributed by atoms with Crippen LogP contribution in [0.25, 0.3) is 6.08 Å². The average Bonchev–Trinajstić information content (AvgIpc) is 2.48. The topological polar surface area (TPSA) is 85.6 Å². The summed E-state index contributed by atoms with van der Waals surface area (Å²) in [6, 6.07) is 1.54. The van der Waals surface area contributed by atoms with Crippen LogP contribution in [-0.2, 0) is 4.74 Å². The molecule has 2 rings (SSSR count). The molecule has 130 valence electrons. The first-order chi connectivity index (χ1) is 11.2. The molecule has 1 aliphatic heterocycles. The highest BCUT2D eigenvalue weighted by Gasteiger charge is 2.24. The first-order valence-electron chi connectivity index (χ1n) is 7.94. The van der Waals surface area contributed by atoms with Crippen LogP contribution >= 0.6 is 0 Å². The van der Waals surface area contributed by atoms with Crippen molar-refractivity contribution in [3.63, 3.8) is 0 Å². The van der Waals surface area contributed by atoms with Gasteiger partial charge in [-0.05, 0) is 46.1 Å². The first kappa shape index (κ1) is 17.9. The van der Waals surface area contributed by atoms with Crippen molar-refractivity contribution in [1.29, 1.82) is 0 Å². The summed E-state index contributed by atoms with van der Waals surface area (Å²) in [5.41, 5.74) is 1.79. The second-order valence-electron chi connectivity index (χ2n) is 6.90. The number of rotatable bonds is 2. The first-order valence-corrected chi connectivity index (χ1v) is 7.94. The summed E-state index contributed by atoms with van der Waals surface area (Å²) in [6.45, 7) is 8.32. The lowest BCUT2D eigenvalue weighted by molar-refractivity contribution is -0.385. The number of carbonyl (C=O) groups excluding carboxylic acids is 1. The average molecular weight is 333 g/mol. The van der Waals surface area contributed by atoms with Crippen molar-refractivity contribution in [2.45, 2.75) is 46.1 Å². The molecule has 1 amide bonds. The zero-order valence-corrected chi connectivity index (χ0v) is 14.5. The van der Waals surface area contributed by atoms with Crippen molar-refractivity contribution in [1.82, 2.24) is 9.88 Å².